The van der Waals surface area contributed by atoms with E-state index in [1.807, 2.05) is 36.4 Å². The van der Waals surface area contributed by atoms with Gasteiger partial charge in [0.15, 0.2) is 0 Å². The third-order valence-electron chi connectivity index (χ3n) is 7.00. The molecule has 0 radical (unpaired) electrons. The molecule has 0 unspecified atom stereocenters. The molecule has 0 atom stereocenters. The summed E-state index contributed by atoms with van der Waals surface area (Å²) in [5.74, 6) is -0.190. The number of hydrogen-bond acceptors (Lipinski definition) is 3. The number of carbonyl (C=O) groups excluding carboxylic acids is 1. The molecule has 1 aliphatic carbocycles. The molecular weight excluding hydrogens is 408 g/mol. The Morgan fingerprint density at radius 2 is 1.15 bits per heavy atom. The lowest BCUT2D eigenvalue weighted by molar-refractivity contribution is -0.151. The molecule has 0 aliphatic heterocycles. The Hall–Kier alpha value is -2.13. The summed E-state index contributed by atoms with van der Waals surface area (Å²) >= 11 is 0. The molecule has 0 saturated carbocycles. The van der Waals surface area contributed by atoms with Crippen molar-refractivity contribution in [2.45, 2.75) is 89.4 Å². The molecule has 0 saturated heterocycles. The van der Waals surface area contributed by atoms with Crippen LogP contribution in [0.1, 0.15) is 95.1 Å². The van der Waals surface area contributed by atoms with Crippen molar-refractivity contribution in [1.82, 2.24) is 0 Å². The van der Waals surface area contributed by atoms with Crippen LogP contribution in [0.3, 0.4) is 0 Å². The molecule has 3 nitrogen and oxygen atoms in total. The van der Waals surface area contributed by atoms with Crippen molar-refractivity contribution in [3.8, 4) is 11.1 Å². The molecule has 33 heavy (non-hydrogen) atoms. The van der Waals surface area contributed by atoms with Gasteiger partial charge in [-0.15, -0.1) is 0 Å². The first-order valence-electron chi connectivity index (χ1n) is 13.1. The molecule has 2 aromatic rings. The quantitative estimate of drug-likeness (QED) is 0.193. The minimum Gasteiger partial charge on any atom is -0.465 e. The van der Waals surface area contributed by atoms with Gasteiger partial charge in [-0.2, -0.15) is 0 Å². The van der Waals surface area contributed by atoms with Crippen LogP contribution in [0.25, 0.3) is 11.1 Å². The number of rotatable bonds is 16. The Labute approximate surface area is 200 Å². The summed E-state index contributed by atoms with van der Waals surface area (Å²) in [5.41, 5.74) is 3.32. The average molecular weight is 451 g/mol. The van der Waals surface area contributed by atoms with Crippen LogP contribution in [0.2, 0.25) is 0 Å². The highest BCUT2D eigenvalue weighted by Crippen LogP contribution is 2.49. The van der Waals surface area contributed by atoms with Crippen LogP contribution in [0, 0.1) is 0 Å². The average Bonchev–Trinajstić information content (AvgIpc) is 3.13. The van der Waals surface area contributed by atoms with Crippen LogP contribution in [0.5, 0.6) is 0 Å². The maximum absolute atomic E-state index is 13.5. The molecule has 3 heteroatoms. The van der Waals surface area contributed by atoms with Crippen molar-refractivity contribution in [3.05, 3.63) is 59.7 Å². The van der Waals surface area contributed by atoms with Crippen LogP contribution in [0.15, 0.2) is 48.5 Å². The summed E-state index contributed by atoms with van der Waals surface area (Å²) in [6, 6.07) is 16.3. The first-order chi connectivity index (χ1) is 16.3. The van der Waals surface area contributed by atoms with Crippen LogP contribution >= 0.6 is 0 Å². The second-order valence-electron chi connectivity index (χ2n) is 9.45. The largest absolute Gasteiger partial charge is 0.465 e. The summed E-state index contributed by atoms with van der Waals surface area (Å²) in [6.07, 6.45) is 15.5. The van der Waals surface area contributed by atoms with E-state index in [1.165, 1.54) is 64.2 Å². The minimum atomic E-state index is -0.876. The summed E-state index contributed by atoms with van der Waals surface area (Å²) < 4.78 is 11.5. The van der Waals surface area contributed by atoms with Gasteiger partial charge in [-0.1, -0.05) is 126 Å². The number of carbonyl (C=O) groups is 1. The first kappa shape index (κ1) is 25.5. The Balaban J connectivity index is 1.43. The van der Waals surface area contributed by atoms with E-state index in [-0.39, 0.29) is 12.6 Å². The number of benzene rings is 2. The lowest BCUT2D eigenvalue weighted by Crippen LogP contribution is -2.41. The standard InChI is InChI=1S/C30H42O3/c1-3-4-5-6-7-8-9-10-11-12-13-18-23-33-29(31)30(24-32-2)27-21-16-14-19-25(27)26-20-15-17-22-28(26)30/h14-17,19-22H,3-13,18,23-24H2,1-2H3. The van der Waals surface area contributed by atoms with Crippen molar-refractivity contribution in [1.29, 1.82) is 0 Å². The number of unbranched alkanes of at least 4 members (excludes halogenated alkanes) is 11. The maximum atomic E-state index is 13.5. The Kier molecular flexibility index (Phi) is 10.5. The monoisotopic (exact) mass is 450 g/mol. The molecule has 0 aromatic heterocycles. The zero-order valence-electron chi connectivity index (χ0n) is 20.7. The lowest BCUT2D eigenvalue weighted by Gasteiger charge is -2.29. The van der Waals surface area contributed by atoms with Gasteiger partial charge in [-0.05, 0) is 28.7 Å². The fraction of sp³-hybridized carbons (Fsp3) is 0.567. The SMILES string of the molecule is CCCCCCCCCCCCCCOC(=O)C1(COC)c2ccccc2-c2ccccc21. The van der Waals surface area contributed by atoms with Gasteiger partial charge >= 0.3 is 5.97 Å². The van der Waals surface area contributed by atoms with Gasteiger partial charge < -0.3 is 9.47 Å². The normalized spacial score (nSPS) is 13.5. The van der Waals surface area contributed by atoms with Crippen molar-refractivity contribution in [2.24, 2.45) is 0 Å². The van der Waals surface area contributed by atoms with Crippen molar-refractivity contribution < 1.29 is 14.3 Å². The van der Waals surface area contributed by atoms with Crippen LogP contribution in [0.4, 0.5) is 0 Å². The fourth-order valence-electron chi connectivity index (χ4n) is 5.21. The van der Waals surface area contributed by atoms with Crippen LogP contribution in [-0.2, 0) is 19.7 Å². The highest BCUT2D eigenvalue weighted by atomic mass is 16.5. The van der Waals surface area contributed by atoms with Gasteiger partial charge in [0.05, 0.1) is 13.2 Å². The molecule has 180 valence electrons. The van der Waals surface area contributed by atoms with Gasteiger partial charge in [-0.25, -0.2) is 0 Å². The van der Waals surface area contributed by atoms with Crippen molar-refractivity contribution >= 4 is 5.97 Å². The third-order valence-corrected chi connectivity index (χ3v) is 7.00. The Bertz CT molecular complexity index is 812. The first-order valence-corrected chi connectivity index (χ1v) is 13.1. The summed E-state index contributed by atoms with van der Waals surface area (Å²) in [6.45, 7) is 3.04. The van der Waals surface area contributed by atoms with E-state index in [0.717, 1.165) is 35.1 Å². The van der Waals surface area contributed by atoms with Gasteiger partial charge in [0.25, 0.3) is 0 Å². The third kappa shape index (κ3) is 6.26. The zero-order valence-corrected chi connectivity index (χ0v) is 20.7. The molecule has 1 aliphatic rings. The number of fused-ring (bicyclic) bond motifs is 3. The van der Waals surface area contributed by atoms with Crippen LogP contribution in [-0.4, -0.2) is 26.3 Å². The number of ether oxygens (including phenoxy) is 2. The molecule has 0 N–H and O–H groups in total. The smallest absolute Gasteiger partial charge is 0.323 e. The van der Waals surface area contributed by atoms with Gasteiger partial charge in [-0.3, -0.25) is 4.79 Å². The second kappa shape index (κ2) is 13.5. The highest BCUT2D eigenvalue weighted by Gasteiger charge is 2.50. The second-order valence-corrected chi connectivity index (χ2v) is 9.45. The Morgan fingerprint density at radius 1 is 0.697 bits per heavy atom. The topological polar surface area (TPSA) is 35.5 Å². The van der Waals surface area contributed by atoms with Gasteiger partial charge in [0.1, 0.15) is 5.41 Å². The number of hydrogen-bond donors (Lipinski definition) is 0. The van der Waals surface area contributed by atoms with E-state index in [4.69, 9.17) is 9.47 Å². The molecule has 0 fully saturated rings. The van der Waals surface area contributed by atoms with E-state index in [0.29, 0.717) is 6.61 Å². The number of esters is 1. The molecular formula is C30H42O3. The highest BCUT2D eigenvalue weighted by molar-refractivity contribution is 5.98. The summed E-state index contributed by atoms with van der Waals surface area (Å²) in [5, 5.41) is 0. The molecule has 0 heterocycles. The Morgan fingerprint density at radius 3 is 1.64 bits per heavy atom. The molecule has 2 aromatic carbocycles. The van der Waals surface area contributed by atoms with E-state index < -0.39 is 5.41 Å². The zero-order chi connectivity index (χ0) is 23.4. The minimum absolute atomic E-state index is 0.190. The van der Waals surface area contributed by atoms with E-state index in [9.17, 15) is 4.79 Å². The van der Waals surface area contributed by atoms with E-state index in [1.54, 1.807) is 7.11 Å². The van der Waals surface area contributed by atoms with Crippen molar-refractivity contribution in [3.63, 3.8) is 0 Å². The van der Waals surface area contributed by atoms with Gasteiger partial charge in [0, 0.05) is 7.11 Å². The molecule has 0 spiro atoms. The maximum Gasteiger partial charge on any atom is 0.323 e. The van der Waals surface area contributed by atoms with E-state index >= 15 is 0 Å². The molecule has 0 amide bonds. The number of methoxy groups -OCH3 is 1. The van der Waals surface area contributed by atoms with E-state index in [2.05, 4.69) is 19.1 Å². The summed E-state index contributed by atoms with van der Waals surface area (Å²) in [4.78, 5) is 13.5. The fourth-order valence-corrected chi connectivity index (χ4v) is 5.21. The predicted molar refractivity (Wildman–Crippen MR) is 137 cm³/mol. The summed E-state index contributed by atoms with van der Waals surface area (Å²) in [7, 11) is 1.66. The molecule has 3 rings (SSSR count). The van der Waals surface area contributed by atoms with Crippen molar-refractivity contribution in [2.75, 3.05) is 20.3 Å². The van der Waals surface area contributed by atoms with Gasteiger partial charge in [0.2, 0.25) is 0 Å². The van der Waals surface area contributed by atoms with Crippen LogP contribution < -0.4 is 0 Å². The predicted octanol–water partition coefficient (Wildman–Crippen LogP) is 7.84. The lowest BCUT2D eigenvalue weighted by atomic mass is 9.79. The molecule has 0 bridgehead atoms.